The van der Waals surface area contributed by atoms with Crippen molar-refractivity contribution in [3.05, 3.63) is 75.9 Å². The highest BCUT2D eigenvalue weighted by Gasteiger charge is 2.38. The Bertz CT molecular complexity index is 1610. The van der Waals surface area contributed by atoms with Crippen molar-refractivity contribution in [2.75, 3.05) is 13.1 Å². The molecule has 0 spiro atoms. The quantitative estimate of drug-likeness (QED) is 0.222. The maximum absolute atomic E-state index is 13.1. The first-order chi connectivity index (χ1) is 19.9. The van der Waals surface area contributed by atoms with Crippen molar-refractivity contribution in [3.63, 3.8) is 0 Å². The number of ketones is 1. The van der Waals surface area contributed by atoms with E-state index in [9.17, 15) is 22.8 Å². The summed E-state index contributed by atoms with van der Waals surface area (Å²) in [5.41, 5.74) is 8.70. The Morgan fingerprint density at radius 3 is 2.45 bits per heavy atom. The molecule has 1 saturated heterocycles. The molecule has 0 radical (unpaired) electrons. The molecule has 9 nitrogen and oxygen atoms in total. The predicted octanol–water partition coefficient (Wildman–Crippen LogP) is 5.79. The molecule has 1 amide bonds. The molecule has 1 aliphatic rings. The van der Waals surface area contributed by atoms with E-state index in [1.165, 1.54) is 11.3 Å². The molecule has 14 heteroatoms. The molecule has 2 aromatic carbocycles. The number of alkyl halides is 3. The van der Waals surface area contributed by atoms with Gasteiger partial charge in [0.25, 0.3) is 5.91 Å². The molecule has 1 atom stereocenters. The minimum Gasteiger partial charge on any atom is -0.484 e. The van der Waals surface area contributed by atoms with E-state index in [2.05, 4.69) is 10.3 Å². The number of hydrogen-bond donors (Lipinski definition) is 3. The van der Waals surface area contributed by atoms with Gasteiger partial charge in [0.05, 0.1) is 11.0 Å². The number of carbonyl (C=O) groups is 3. The molecule has 4 N–H and O–H groups in total. The SMILES string of the molecule is C[C@@H](Oc1cc(-n2cnc3ccc(C(=O)C4CCNCC4)cc32)sc1C(N)=O)c1ccccc1Cl.O=C(O)C(F)(F)F. The van der Waals surface area contributed by atoms with Crippen molar-refractivity contribution in [2.45, 2.75) is 32.0 Å². The number of rotatable bonds is 7. The van der Waals surface area contributed by atoms with Gasteiger partial charge >= 0.3 is 12.1 Å². The molecule has 1 fully saturated rings. The number of imidazole rings is 1. The second-order valence-corrected chi connectivity index (χ2v) is 10.9. The van der Waals surface area contributed by atoms with Gasteiger partial charge in [0, 0.05) is 28.1 Å². The Labute approximate surface area is 247 Å². The molecule has 42 heavy (non-hydrogen) atoms. The molecule has 1 aliphatic heterocycles. The molecule has 0 unspecified atom stereocenters. The van der Waals surface area contributed by atoms with Gasteiger partial charge in [0.15, 0.2) is 5.78 Å². The van der Waals surface area contributed by atoms with Crippen molar-refractivity contribution < 1.29 is 37.4 Å². The summed E-state index contributed by atoms with van der Waals surface area (Å²) in [6.45, 7) is 3.59. The van der Waals surface area contributed by atoms with Gasteiger partial charge in [-0.2, -0.15) is 13.2 Å². The van der Waals surface area contributed by atoms with Gasteiger partial charge in [-0.05, 0) is 57.1 Å². The van der Waals surface area contributed by atoms with Crippen LogP contribution in [0.15, 0.2) is 54.9 Å². The number of aromatic nitrogens is 2. The second kappa shape index (κ2) is 12.9. The molecule has 0 saturated carbocycles. The molecule has 2 aromatic heterocycles. The minimum atomic E-state index is -5.08. The maximum Gasteiger partial charge on any atom is 0.490 e. The largest absolute Gasteiger partial charge is 0.490 e. The van der Waals surface area contributed by atoms with E-state index in [4.69, 9.17) is 32.0 Å². The first-order valence-electron chi connectivity index (χ1n) is 12.7. The van der Waals surface area contributed by atoms with Gasteiger partial charge < -0.3 is 20.9 Å². The van der Waals surface area contributed by atoms with E-state index >= 15 is 0 Å². The number of nitrogens with two attached hydrogens (primary N) is 1. The van der Waals surface area contributed by atoms with E-state index in [1.54, 1.807) is 18.5 Å². The number of thiophene rings is 1. The molecule has 4 aromatic rings. The average Bonchev–Trinajstić information content (AvgIpc) is 3.57. The Kier molecular flexibility index (Phi) is 9.54. The van der Waals surface area contributed by atoms with Crippen LogP contribution in [0.5, 0.6) is 5.75 Å². The second-order valence-electron chi connectivity index (χ2n) is 9.43. The lowest BCUT2D eigenvalue weighted by atomic mass is 9.89. The summed E-state index contributed by atoms with van der Waals surface area (Å²) in [5, 5.41) is 11.7. The maximum atomic E-state index is 13.1. The number of piperidine rings is 1. The lowest BCUT2D eigenvalue weighted by Gasteiger charge is -2.21. The van der Waals surface area contributed by atoms with Gasteiger partial charge in [-0.1, -0.05) is 29.8 Å². The molecule has 0 bridgehead atoms. The van der Waals surface area contributed by atoms with Crippen molar-refractivity contribution in [2.24, 2.45) is 11.7 Å². The number of fused-ring (bicyclic) bond motifs is 1. The number of primary amides is 1. The molecule has 0 aliphatic carbocycles. The number of carbonyl (C=O) groups excluding carboxylic acids is 2. The van der Waals surface area contributed by atoms with Crippen molar-refractivity contribution >= 4 is 51.6 Å². The van der Waals surface area contributed by atoms with E-state index < -0.39 is 24.2 Å². The number of hydrogen-bond acceptors (Lipinski definition) is 7. The molecule has 222 valence electrons. The third-order valence-electron chi connectivity index (χ3n) is 6.58. The van der Waals surface area contributed by atoms with Crippen LogP contribution in [-0.4, -0.2) is 51.6 Å². The number of carboxylic acid groups (broad SMARTS) is 1. The third-order valence-corrected chi connectivity index (χ3v) is 8.05. The Hall–Kier alpha value is -3.94. The van der Waals surface area contributed by atoms with Crippen LogP contribution in [0.4, 0.5) is 13.2 Å². The van der Waals surface area contributed by atoms with Crippen LogP contribution in [0.3, 0.4) is 0 Å². The lowest BCUT2D eigenvalue weighted by molar-refractivity contribution is -0.192. The number of halogens is 4. The summed E-state index contributed by atoms with van der Waals surface area (Å²) in [6.07, 6.45) is -2.11. The number of Topliss-reactive ketones (excluding diaryl/α,β-unsaturated/α-hetero) is 1. The Morgan fingerprint density at radius 2 is 1.83 bits per heavy atom. The lowest BCUT2D eigenvalue weighted by Crippen LogP contribution is -2.31. The normalized spacial score (nSPS) is 14.6. The number of aliphatic carboxylic acids is 1. The first kappa shape index (κ1) is 31.0. The summed E-state index contributed by atoms with van der Waals surface area (Å²) < 4.78 is 39.7. The van der Waals surface area contributed by atoms with Crippen LogP contribution in [0.1, 0.15) is 51.5 Å². The zero-order valence-electron chi connectivity index (χ0n) is 22.2. The number of benzene rings is 2. The van der Waals surface area contributed by atoms with Crippen LogP contribution >= 0.6 is 22.9 Å². The van der Waals surface area contributed by atoms with E-state index in [0.29, 0.717) is 26.2 Å². The van der Waals surface area contributed by atoms with E-state index in [1.807, 2.05) is 47.9 Å². The average molecular weight is 623 g/mol. The number of ether oxygens (including phenoxy) is 1. The predicted molar refractivity (Wildman–Crippen MR) is 152 cm³/mol. The van der Waals surface area contributed by atoms with Crippen LogP contribution in [0.25, 0.3) is 16.0 Å². The summed E-state index contributed by atoms with van der Waals surface area (Å²) in [6, 6.07) is 14.8. The van der Waals surface area contributed by atoms with Crippen LogP contribution in [0.2, 0.25) is 5.02 Å². The van der Waals surface area contributed by atoms with Gasteiger partial charge in [-0.15, -0.1) is 11.3 Å². The third kappa shape index (κ3) is 7.09. The zero-order chi connectivity index (χ0) is 30.6. The Balaban J connectivity index is 0.000000517. The van der Waals surface area contributed by atoms with Gasteiger partial charge in [-0.3, -0.25) is 14.2 Å². The van der Waals surface area contributed by atoms with Crippen LogP contribution < -0.4 is 15.8 Å². The smallest absolute Gasteiger partial charge is 0.484 e. The highest BCUT2D eigenvalue weighted by atomic mass is 35.5. The van der Waals surface area contributed by atoms with Crippen molar-refractivity contribution in [1.82, 2.24) is 14.9 Å². The summed E-state index contributed by atoms with van der Waals surface area (Å²) >= 11 is 7.54. The van der Waals surface area contributed by atoms with E-state index in [-0.39, 0.29) is 11.7 Å². The number of nitrogens with zero attached hydrogens (tertiary/aromatic N) is 2. The molecular formula is C28H26ClF3N4O5S. The standard InChI is InChI=1S/C26H25ClN4O3S.C2HF3O2/c1-15(18-4-2-3-5-19(18)27)34-22-13-23(35-25(22)26(28)33)31-14-30-20-7-6-17(12-21(20)31)24(32)16-8-10-29-11-9-16;3-2(4,5)1(6)7/h2-7,12-16,29H,8-11H2,1H3,(H2,28,33);(H,6,7)/t15-;/m1./s1. The summed E-state index contributed by atoms with van der Waals surface area (Å²) in [4.78, 5) is 39.0. The fourth-order valence-electron chi connectivity index (χ4n) is 4.46. The molecular weight excluding hydrogens is 597 g/mol. The van der Waals surface area contributed by atoms with Gasteiger partial charge in [-0.25, -0.2) is 9.78 Å². The topological polar surface area (TPSA) is 137 Å². The van der Waals surface area contributed by atoms with Crippen molar-refractivity contribution in [1.29, 1.82) is 0 Å². The highest BCUT2D eigenvalue weighted by Crippen LogP contribution is 2.37. The van der Waals surface area contributed by atoms with Gasteiger partial charge in [0.1, 0.15) is 28.1 Å². The molecule has 3 heterocycles. The summed E-state index contributed by atoms with van der Waals surface area (Å²) in [5.74, 6) is -2.77. The van der Waals surface area contributed by atoms with Crippen LogP contribution in [0, 0.1) is 5.92 Å². The minimum absolute atomic E-state index is 0.0274. The van der Waals surface area contributed by atoms with Crippen molar-refractivity contribution in [3.8, 4) is 10.8 Å². The number of amides is 1. The summed E-state index contributed by atoms with van der Waals surface area (Å²) in [7, 11) is 0. The van der Waals surface area contributed by atoms with E-state index in [0.717, 1.165) is 42.5 Å². The molecule has 5 rings (SSSR count). The monoisotopic (exact) mass is 622 g/mol. The highest BCUT2D eigenvalue weighted by molar-refractivity contribution is 7.16. The number of nitrogens with one attached hydrogen (secondary N) is 1. The number of carboxylic acids is 1. The van der Waals surface area contributed by atoms with Crippen LogP contribution in [-0.2, 0) is 4.79 Å². The fraction of sp³-hybridized carbons (Fsp3) is 0.286. The fourth-order valence-corrected chi connectivity index (χ4v) is 5.67. The van der Waals surface area contributed by atoms with Gasteiger partial charge in [0.2, 0.25) is 0 Å². The Morgan fingerprint density at radius 1 is 1.17 bits per heavy atom. The zero-order valence-corrected chi connectivity index (χ0v) is 23.7. The first-order valence-corrected chi connectivity index (χ1v) is 13.9.